The van der Waals surface area contributed by atoms with Crippen molar-refractivity contribution < 1.29 is 4.74 Å². The predicted octanol–water partition coefficient (Wildman–Crippen LogP) is 3.86. The molecule has 0 saturated carbocycles. The molecule has 3 heteroatoms. The van der Waals surface area contributed by atoms with Gasteiger partial charge >= 0.3 is 0 Å². The van der Waals surface area contributed by atoms with Crippen molar-refractivity contribution in [2.24, 2.45) is 5.41 Å². The number of alkyl halides is 1. The molecule has 1 heterocycles. The van der Waals surface area contributed by atoms with Gasteiger partial charge in [-0.3, -0.25) is 4.90 Å². The van der Waals surface area contributed by atoms with Crippen molar-refractivity contribution in [3.05, 3.63) is 48.6 Å². The summed E-state index contributed by atoms with van der Waals surface area (Å²) in [6.07, 6.45) is 2.28. The summed E-state index contributed by atoms with van der Waals surface area (Å²) in [5, 5.41) is 0.976. The van der Waals surface area contributed by atoms with Crippen LogP contribution in [0.1, 0.15) is 19.4 Å². The fourth-order valence-electron chi connectivity index (χ4n) is 2.89. The van der Waals surface area contributed by atoms with Gasteiger partial charge in [0.05, 0.1) is 12.7 Å². The molecule has 20 heavy (non-hydrogen) atoms. The number of halogens is 1. The molecule has 0 aromatic heterocycles. The van der Waals surface area contributed by atoms with Crippen molar-refractivity contribution >= 4 is 15.9 Å². The Morgan fingerprint density at radius 3 is 2.70 bits per heavy atom. The lowest BCUT2D eigenvalue weighted by Crippen LogP contribution is -2.66. The van der Waals surface area contributed by atoms with E-state index >= 15 is 0 Å². The van der Waals surface area contributed by atoms with Crippen molar-refractivity contribution in [1.29, 1.82) is 0 Å². The van der Waals surface area contributed by atoms with Crippen LogP contribution in [0.3, 0.4) is 0 Å². The monoisotopic (exact) mass is 337 g/mol. The zero-order valence-electron chi connectivity index (χ0n) is 12.4. The normalized spacial score (nSPS) is 23.4. The van der Waals surface area contributed by atoms with E-state index in [-0.39, 0.29) is 5.41 Å². The van der Waals surface area contributed by atoms with Gasteiger partial charge in [0.1, 0.15) is 0 Å². The van der Waals surface area contributed by atoms with Crippen molar-refractivity contribution in [2.45, 2.75) is 32.6 Å². The molecule has 2 nitrogen and oxygen atoms in total. The zero-order valence-corrected chi connectivity index (χ0v) is 14.0. The summed E-state index contributed by atoms with van der Waals surface area (Å²) in [4.78, 5) is 2.45. The molecule has 1 aromatic carbocycles. The Morgan fingerprint density at radius 2 is 2.10 bits per heavy atom. The number of rotatable bonds is 7. The molecule has 1 saturated heterocycles. The van der Waals surface area contributed by atoms with Crippen LogP contribution in [0.5, 0.6) is 0 Å². The summed E-state index contributed by atoms with van der Waals surface area (Å²) in [5.74, 6) is 0. The minimum absolute atomic E-state index is 0.197. The first-order valence-electron chi connectivity index (χ1n) is 7.15. The van der Waals surface area contributed by atoms with Gasteiger partial charge < -0.3 is 4.74 Å². The van der Waals surface area contributed by atoms with Crippen molar-refractivity contribution in [2.75, 3.05) is 18.4 Å². The number of hydrogen-bond donors (Lipinski definition) is 0. The van der Waals surface area contributed by atoms with Gasteiger partial charge in [-0.05, 0) is 11.0 Å². The third kappa shape index (κ3) is 3.51. The summed E-state index contributed by atoms with van der Waals surface area (Å²) in [6.45, 7) is 11.1. The van der Waals surface area contributed by atoms with Gasteiger partial charge in [0, 0.05) is 24.5 Å². The highest BCUT2D eigenvalue weighted by Gasteiger charge is 2.47. The summed E-state index contributed by atoms with van der Waals surface area (Å²) in [6, 6.07) is 10.8. The number of hydrogen-bond acceptors (Lipinski definition) is 2. The van der Waals surface area contributed by atoms with Crippen molar-refractivity contribution in [3.63, 3.8) is 0 Å². The standard InChI is InChI=1S/C17H24BrNO/c1-4-10-19-11-15(16(19)17(2,3)13-18)20-12-14-8-6-5-7-9-14/h4-9,15-16H,1,10-13H2,2-3H3/t15-,16+/m1/s1. The molecule has 1 fully saturated rings. The Balaban J connectivity index is 1.96. The van der Waals surface area contributed by atoms with E-state index in [4.69, 9.17) is 4.74 Å². The molecule has 110 valence electrons. The molecule has 2 atom stereocenters. The third-order valence-corrected chi connectivity index (χ3v) is 5.42. The van der Waals surface area contributed by atoms with Gasteiger partial charge in [0.25, 0.3) is 0 Å². The number of likely N-dealkylation sites (tertiary alicyclic amines) is 1. The summed E-state index contributed by atoms with van der Waals surface area (Å²) >= 11 is 3.64. The van der Waals surface area contributed by atoms with Crippen LogP contribution in [0.25, 0.3) is 0 Å². The lowest BCUT2D eigenvalue weighted by atomic mass is 9.77. The number of nitrogens with zero attached hydrogens (tertiary/aromatic N) is 1. The Kier molecular flexibility index (Phi) is 5.42. The molecule has 0 amide bonds. The molecule has 0 aliphatic carbocycles. The molecule has 1 aliphatic heterocycles. The van der Waals surface area contributed by atoms with E-state index in [0.29, 0.717) is 18.8 Å². The molecule has 0 radical (unpaired) electrons. The maximum Gasteiger partial charge on any atom is 0.0867 e. The Bertz CT molecular complexity index is 432. The number of ether oxygens (including phenoxy) is 1. The van der Waals surface area contributed by atoms with Crippen LogP contribution in [0.4, 0.5) is 0 Å². The summed E-state index contributed by atoms with van der Waals surface area (Å²) in [7, 11) is 0. The molecule has 0 bridgehead atoms. The second kappa shape index (κ2) is 6.88. The van der Waals surface area contributed by atoms with Crippen LogP contribution >= 0.6 is 15.9 Å². The molecule has 0 N–H and O–H groups in total. The lowest BCUT2D eigenvalue weighted by Gasteiger charge is -2.54. The van der Waals surface area contributed by atoms with Gasteiger partial charge in [-0.15, -0.1) is 6.58 Å². The Morgan fingerprint density at radius 1 is 1.40 bits per heavy atom. The van der Waals surface area contributed by atoms with E-state index in [1.807, 2.05) is 12.1 Å². The fourth-order valence-corrected chi connectivity index (χ4v) is 3.23. The first-order valence-corrected chi connectivity index (χ1v) is 8.27. The smallest absolute Gasteiger partial charge is 0.0867 e. The maximum atomic E-state index is 6.14. The van der Waals surface area contributed by atoms with Crippen LogP contribution in [0.15, 0.2) is 43.0 Å². The highest BCUT2D eigenvalue weighted by Crippen LogP contribution is 2.37. The Hall–Kier alpha value is -0.640. The number of benzene rings is 1. The van der Waals surface area contributed by atoms with Gasteiger partial charge in [-0.25, -0.2) is 0 Å². The van der Waals surface area contributed by atoms with Gasteiger partial charge in [-0.1, -0.05) is 66.2 Å². The fraction of sp³-hybridized carbons (Fsp3) is 0.529. The average Bonchev–Trinajstić information content (AvgIpc) is 2.42. The molecular formula is C17H24BrNO. The first kappa shape index (κ1) is 15.7. The van der Waals surface area contributed by atoms with Crippen LogP contribution in [-0.4, -0.2) is 35.5 Å². The minimum Gasteiger partial charge on any atom is -0.371 e. The van der Waals surface area contributed by atoms with Crippen LogP contribution in [0, 0.1) is 5.41 Å². The summed E-state index contributed by atoms with van der Waals surface area (Å²) < 4.78 is 6.14. The maximum absolute atomic E-state index is 6.14. The van der Waals surface area contributed by atoms with Gasteiger partial charge in [0.2, 0.25) is 0 Å². The van der Waals surface area contributed by atoms with E-state index in [0.717, 1.165) is 18.4 Å². The molecule has 0 unspecified atom stereocenters. The van der Waals surface area contributed by atoms with E-state index < -0.39 is 0 Å². The van der Waals surface area contributed by atoms with Gasteiger partial charge in [0.15, 0.2) is 0 Å². The first-order chi connectivity index (χ1) is 9.58. The average molecular weight is 338 g/mol. The van der Waals surface area contributed by atoms with Crippen LogP contribution < -0.4 is 0 Å². The molecule has 0 spiro atoms. The third-order valence-electron chi connectivity index (χ3n) is 3.98. The minimum atomic E-state index is 0.197. The molecule has 1 aliphatic rings. The van der Waals surface area contributed by atoms with Crippen LogP contribution in [-0.2, 0) is 11.3 Å². The largest absolute Gasteiger partial charge is 0.371 e. The van der Waals surface area contributed by atoms with Crippen LogP contribution in [0.2, 0.25) is 0 Å². The second-order valence-electron chi connectivity index (χ2n) is 6.14. The predicted molar refractivity (Wildman–Crippen MR) is 88.2 cm³/mol. The van der Waals surface area contributed by atoms with Gasteiger partial charge in [-0.2, -0.15) is 0 Å². The Labute approximate surface area is 130 Å². The van der Waals surface area contributed by atoms with E-state index in [9.17, 15) is 0 Å². The van der Waals surface area contributed by atoms with E-state index in [1.165, 1.54) is 5.56 Å². The highest BCUT2D eigenvalue weighted by molar-refractivity contribution is 9.09. The summed E-state index contributed by atoms with van der Waals surface area (Å²) in [5.41, 5.74) is 1.44. The lowest BCUT2D eigenvalue weighted by molar-refractivity contribution is -0.140. The molecular weight excluding hydrogens is 314 g/mol. The molecule has 2 rings (SSSR count). The van der Waals surface area contributed by atoms with Crippen molar-refractivity contribution in [1.82, 2.24) is 4.90 Å². The van der Waals surface area contributed by atoms with E-state index in [1.54, 1.807) is 0 Å². The van der Waals surface area contributed by atoms with E-state index in [2.05, 4.69) is 65.5 Å². The quantitative estimate of drug-likeness (QED) is 0.553. The molecule has 1 aromatic rings. The van der Waals surface area contributed by atoms with Crippen molar-refractivity contribution in [3.8, 4) is 0 Å². The highest BCUT2D eigenvalue weighted by atomic mass is 79.9. The zero-order chi connectivity index (χ0) is 14.6. The second-order valence-corrected chi connectivity index (χ2v) is 6.71. The SMILES string of the molecule is C=CCN1C[C@@H](OCc2ccccc2)[C@H]1C(C)(C)CBr. The topological polar surface area (TPSA) is 12.5 Å².